The fourth-order valence-corrected chi connectivity index (χ4v) is 6.00. The van der Waals surface area contributed by atoms with Crippen molar-refractivity contribution in [2.24, 2.45) is 29.6 Å². The van der Waals surface area contributed by atoms with Crippen LogP contribution in [0.3, 0.4) is 0 Å². The van der Waals surface area contributed by atoms with Crippen LogP contribution in [0.5, 0.6) is 5.75 Å². The molecule has 3 saturated carbocycles. The summed E-state index contributed by atoms with van der Waals surface area (Å²) in [6.07, 6.45) is 4.25. The molecule has 0 radical (unpaired) electrons. The molecule has 3 aliphatic rings. The smallest absolute Gasteiger partial charge is 0.138 e. The van der Waals surface area contributed by atoms with Crippen LogP contribution in [0.25, 0.3) is 0 Å². The molecule has 0 spiro atoms. The van der Waals surface area contributed by atoms with E-state index in [-0.39, 0.29) is 5.38 Å². The SMILES string of the molecule is COc1cc(Cl)c(C(Cl)C2C3C4CCC(C4)C32)cc1Cl. The highest BCUT2D eigenvalue weighted by molar-refractivity contribution is 6.35. The Balaban J connectivity index is 1.61. The van der Waals surface area contributed by atoms with Gasteiger partial charge in [0.1, 0.15) is 5.75 Å². The number of hydrogen-bond donors (Lipinski definition) is 0. The lowest BCUT2D eigenvalue weighted by Crippen LogP contribution is -2.05. The molecule has 108 valence electrons. The molecule has 0 N–H and O–H groups in total. The van der Waals surface area contributed by atoms with Crippen LogP contribution >= 0.6 is 34.8 Å². The maximum absolute atomic E-state index is 6.75. The summed E-state index contributed by atoms with van der Waals surface area (Å²) in [5.74, 6) is 4.74. The second-order valence-electron chi connectivity index (χ2n) is 6.48. The molecule has 20 heavy (non-hydrogen) atoms. The van der Waals surface area contributed by atoms with Gasteiger partial charge in [0.05, 0.1) is 17.5 Å². The van der Waals surface area contributed by atoms with Crippen LogP contribution in [-0.2, 0) is 0 Å². The van der Waals surface area contributed by atoms with Crippen molar-refractivity contribution in [3.8, 4) is 5.75 Å². The van der Waals surface area contributed by atoms with E-state index >= 15 is 0 Å². The highest BCUT2D eigenvalue weighted by Crippen LogP contribution is 2.73. The number of hydrogen-bond acceptors (Lipinski definition) is 1. The first-order chi connectivity index (χ1) is 9.61. The first-order valence-corrected chi connectivity index (χ1v) is 8.48. The van der Waals surface area contributed by atoms with Gasteiger partial charge in [-0.15, -0.1) is 11.6 Å². The van der Waals surface area contributed by atoms with Crippen molar-refractivity contribution >= 4 is 34.8 Å². The van der Waals surface area contributed by atoms with Gasteiger partial charge in [-0.3, -0.25) is 0 Å². The fraction of sp³-hybridized carbons (Fsp3) is 0.625. The summed E-state index contributed by atoms with van der Waals surface area (Å²) in [7, 11) is 1.60. The Kier molecular flexibility index (Phi) is 3.18. The molecule has 0 heterocycles. The van der Waals surface area contributed by atoms with Gasteiger partial charge in [0.15, 0.2) is 0 Å². The second-order valence-corrected chi connectivity index (χ2v) is 7.76. The van der Waals surface area contributed by atoms with Crippen LogP contribution in [0.15, 0.2) is 12.1 Å². The minimum Gasteiger partial charge on any atom is -0.495 e. The van der Waals surface area contributed by atoms with Gasteiger partial charge in [-0.2, -0.15) is 0 Å². The molecule has 0 saturated heterocycles. The molecule has 3 fully saturated rings. The maximum Gasteiger partial charge on any atom is 0.138 e. The predicted octanol–water partition coefficient (Wildman–Crippen LogP) is 5.57. The van der Waals surface area contributed by atoms with Crippen LogP contribution in [0.1, 0.15) is 30.2 Å². The van der Waals surface area contributed by atoms with Crippen molar-refractivity contribution in [1.82, 2.24) is 0 Å². The van der Waals surface area contributed by atoms with Crippen molar-refractivity contribution in [1.29, 1.82) is 0 Å². The average molecular weight is 332 g/mol. The van der Waals surface area contributed by atoms with Gasteiger partial charge in [0, 0.05) is 11.1 Å². The molecule has 5 unspecified atom stereocenters. The third-order valence-electron chi connectivity index (χ3n) is 5.70. The Morgan fingerprint density at radius 2 is 1.75 bits per heavy atom. The number of fused-ring (bicyclic) bond motifs is 5. The second kappa shape index (κ2) is 4.69. The van der Waals surface area contributed by atoms with E-state index in [9.17, 15) is 0 Å². The lowest BCUT2D eigenvalue weighted by Gasteiger charge is -2.17. The molecular formula is C16H17Cl3O. The quantitative estimate of drug-likeness (QED) is 0.657. The molecule has 2 bridgehead atoms. The molecule has 0 aromatic heterocycles. The van der Waals surface area contributed by atoms with Crippen molar-refractivity contribution < 1.29 is 4.74 Å². The highest BCUT2D eigenvalue weighted by Gasteiger charge is 2.66. The summed E-state index contributed by atoms with van der Waals surface area (Å²) in [6, 6.07) is 3.66. The van der Waals surface area contributed by atoms with E-state index in [1.807, 2.05) is 6.07 Å². The average Bonchev–Trinajstić information content (AvgIpc) is 2.88. The summed E-state index contributed by atoms with van der Waals surface area (Å²) in [5.41, 5.74) is 0.970. The lowest BCUT2D eigenvalue weighted by molar-refractivity contribution is 0.414. The normalized spacial score (nSPS) is 38.7. The van der Waals surface area contributed by atoms with Crippen LogP contribution in [0, 0.1) is 29.6 Å². The third-order valence-corrected chi connectivity index (χ3v) is 6.85. The number of rotatable bonds is 3. The van der Waals surface area contributed by atoms with Gasteiger partial charge in [0.2, 0.25) is 0 Å². The summed E-state index contributed by atoms with van der Waals surface area (Å²) in [4.78, 5) is 0. The molecule has 0 amide bonds. The molecule has 1 nitrogen and oxygen atoms in total. The Morgan fingerprint density at radius 3 is 2.35 bits per heavy atom. The minimum atomic E-state index is -0.00990. The number of methoxy groups -OCH3 is 1. The van der Waals surface area contributed by atoms with Gasteiger partial charge >= 0.3 is 0 Å². The topological polar surface area (TPSA) is 9.23 Å². The summed E-state index contributed by atoms with van der Waals surface area (Å²) >= 11 is 19.3. The van der Waals surface area contributed by atoms with Crippen LogP contribution < -0.4 is 4.74 Å². The van der Waals surface area contributed by atoms with E-state index in [1.54, 1.807) is 13.2 Å². The van der Waals surface area contributed by atoms with Crippen LogP contribution in [-0.4, -0.2) is 7.11 Å². The first kappa shape index (κ1) is 13.5. The molecule has 1 aromatic carbocycles. The molecule has 3 aliphatic carbocycles. The summed E-state index contributed by atoms with van der Waals surface area (Å²) in [6.45, 7) is 0. The molecule has 4 heteroatoms. The molecule has 5 atom stereocenters. The molecule has 1 aromatic rings. The molecular weight excluding hydrogens is 315 g/mol. The fourth-order valence-electron chi connectivity index (χ4n) is 4.90. The van der Waals surface area contributed by atoms with E-state index in [0.29, 0.717) is 21.7 Å². The lowest BCUT2D eigenvalue weighted by atomic mass is 9.97. The number of halogens is 3. The zero-order valence-corrected chi connectivity index (χ0v) is 13.6. The zero-order chi connectivity index (χ0) is 14.0. The van der Waals surface area contributed by atoms with E-state index in [0.717, 1.165) is 29.2 Å². The number of alkyl halides is 1. The van der Waals surface area contributed by atoms with Gasteiger partial charge in [-0.05, 0) is 60.5 Å². The van der Waals surface area contributed by atoms with Crippen molar-refractivity contribution in [3.63, 3.8) is 0 Å². The summed E-state index contributed by atoms with van der Waals surface area (Å²) < 4.78 is 5.20. The zero-order valence-electron chi connectivity index (χ0n) is 11.3. The Bertz CT molecular complexity index is 543. The van der Waals surface area contributed by atoms with Gasteiger partial charge in [0.25, 0.3) is 0 Å². The molecule has 4 rings (SSSR count). The predicted molar refractivity (Wildman–Crippen MR) is 82.9 cm³/mol. The monoisotopic (exact) mass is 330 g/mol. The number of ether oxygens (including phenoxy) is 1. The van der Waals surface area contributed by atoms with Gasteiger partial charge in [-0.25, -0.2) is 0 Å². The maximum atomic E-state index is 6.75. The first-order valence-electron chi connectivity index (χ1n) is 7.28. The molecule has 0 aliphatic heterocycles. The standard InChI is InChI=1S/C16H17Cl3O/c1-20-12-6-10(17)9(5-11(12)18)16(19)15-13-7-2-3-8(4-7)14(13)15/h5-8,13-16H,2-4H2,1H3. The largest absolute Gasteiger partial charge is 0.495 e. The Morgan fingerprint density at radius 1 is 1.10 bits per heavy atom. The van der Waals surface area contributed by atoms with Crippen LogP contribution in [0.4, 0.5) is 0 Å². The van der Waals surface area contributed by atoms with Crippen LogP contribution in [0.2, 0.25) is 10.0 Å². The van der Waals surface area contributed by atoms with Crippen molar-refractivity contribution in [3.05, 3.63) is 27.7 Å². The van der Waals surface area contributed by atoms with Gasteiger partial charge in [-0.1, -0.05) is 23.2 Å². The van der Waals surface area contributed by atoms with E-state index in [1.165, 1.54) is 19.3 Å². The summed E-state index contributed by atoms with van der Waals surface area (Å²) in [5, 5.41) is 1.25. The van der Waals surface area contributed by atoms with E-state index < -0.39 is 0 Å². The van der Waals surface area contributed by atoms with Gasteiger partial charge < -0.3 is 4.74 Å². The van der Waals surface area contributed by atoms with E-state index in [2.05, 4.69) is 0 Å². The highest BCUT2D eigenvalue weighted by atomic mass is 35.5. The Hall–Kier alpha value is -0.110. The minimum absolute atomic E-state index is 0.00990. The third kappa shape index (κ3) is 1.82. The Labute approximate surface area is 134 Å². The van der Waals surface area contributed by atoms with Crippen molar-refractivity contribution in [2.45, 2.75) is 24.6 Å². The number of benzene rings is 1. The van der Waals surface area contributed by atoms with E-state index in [4.69, 9.17) is 39.5 Å². The van der Waals surface area contributed by atoms with Crippen molar-refractivity contribution in [2.75, 3.05) is 7.11 Å².